The van der Waals surface area contributed by atoms with Gasteiger partial charge in [-0.15, -0.1) is 11.3 Å². The molecule has 0 saturated carbocycles. The summed E-state index contributed by atoms with van der Waals surface area (Å²) in [6.45, 7) is 4.32. The van der Waals surface area contributed by atoms with Gasteiger partial charge in [0.05, 0.1) is 4.88 Å². The molecule has 2 heterocycles. The van der Waals surface area contributed by atoms with Crippen LogP contribution in [0.3, 0.4) is 0 Å². The van der Waals surface area contributed by atoms with E-state index in [2.05, 4.69) is 10.4 Å². The van der Waals surface area contributed by atoms with Crippen LogP contribution in [0.25, 0.3) is 10.4 Å². The van der Waals surface area contributed by atoms with E-state index in [0.717, 1.165) is 28.3 Å². The highest BCUT2D eigenvalue weighted by Crippen LogP contribution is 2.28. The maximum Gasteiger partial charge on any atom is 0.251 e. The van der Waals surface area contributed by atoms with Gasteiger partial charge in [0.15, 0.2) is 5.78 Å². The van der Waals surface area contributed by atoms with Gasteiger partial charge in [-0.2, -0.15) is 5.10 Å². The molecule has 1 atom stereocenters. The summed E-state index contributed by atoms with van der Waals surface area (Å²) < 4.78 is 1.85. The Morgan fingerprint density at radius 2 is 1.96 bits per heavy atom. The van der Waals surface area contributed by atoms with Gasteiger partial charge < -0.3 is 5.32 Å². The minimum absolute atomic E-state index is 0.0572. The predicted molar refractivity (Wildman–Crippen MR) is 104 cm³/mol. The van der Waals surface area contributed by atoms with E-state index in [1.54, 1.807) is 13.1 Å². The summed E-state index contributed by atoms with van der Waals surface area (Å²) in [4.78, 5) is 25.6. The number of amides is 1. The average Bonchev–Trinajstić information content (AvgIpc) is 3.32. The molecule has 0 aliphatic heterocycles. The van der Waals surface area contributed by atoms with E-state index in [-0.39, 0.29) is 17.7 Å². The first-order valence-electron chi connectivity index (χ1n) is 8.52. The van der Waals surface area contributed by atoms with Crippen LogP contribution in [-0.2, 0) is 6.54 Å². The van der Waals surface area contributed by atoms with Crippen molar-refractivity contribution in [2.75, 3.05) is 0 Å². The topological polar surface area (TPSA) is 64.0 Å². The SMILES string of the molecule is CC(=O)c1ccc(-c2ccc(C(=O)N[C@H](C)CCn3cccn3)cc2)s1. The van der Waals surface area contributed by atoms with Gasteiger partial charge in [-0.25, -0.2) is 0 Å². The Labute approximate surface area is 156 Å². The molecule has 0 aliphatic rings. The first-order chi connectivity index (χ1) is 12.5. The van der Waals surface area contributed by atoms with Gasteiger partial charge >= 0.3 is 0 Å². The number of ketones is 1. The van der Waals surface area contributed by atoms with Gasteiger partial charge in [-0.05, 0) is 56.2 Å². The Morgan fingerprint density at radius 3 is 2.58 bits per heavy atom. The lowest BCUT2D eigenvalue weighted by Gasteiger charge is -2.14. The van der Waals surface area contributed by atoms with E-state index in [1.807, 2.05) is 60.3 Å². The summed E-state index contributed by atoms with van der Waals surface area (Å²) in [5, 5.41) is 7.18. The number of hydrogen-bond donors (Lipinski definition) is 1. The molecule has 26 heavy (non-hydrogen) atoms. The zero-order chi connectivity index (χ0) is 18.5. The Hall–Kier alpha value is -2.73. The molecule has 0 saturated heterocycles. The first kappa shape index (κ1) is 18.1. The van der Waals surface area contributed by atoms with E-state index >= 15 is 0 Å². The Balaban J connectivity index is 1.58. The fourth-order valence-electron chi connectivity index (χ4n) is 2.61. The monoisotopic (exact) mass is 367 g/mol. The lowest BCUT2D eigenvalue weighted by Crippen LogP contribution is -2.33. The van der Waals surface area contributed by atoms with Crippen LogP contribution in [0.5, 0.6) is 0 Å². The maximum absolute atomic E-state index is 12.4. The number of nitrogens with one attached hydrogen (secondary N) is 1. The third-order valence-corrected chi connectivity index (χ3v) is 5.35. The van der Waals surface area contributed by atoms with Crippen molar-refractivity contribution in [3.8, 4) is 10.4 Å². The third kappa shape index (κ3) is 4.46. The van der Waals surface area contributed by atoms with Crippen molar-refractivity contribution in [3.63, 3.8) is 0 Å². The van der Waals surface area contributed by atoms with Gasteiger partial charge in [0.2, 0.25) is 0 Å². The van der Waals surface area contributed by atoms with E-state index in [9.17, 15) is 9.59 Å². The molecule has 1 amide bonds. The van der Waals surface area contributed by atoms with Crippen molar-refractivity contribution in [2.45, 2.75) is 32.9 Å². The molecule has 134 valence electrons. The minimum Gasteiger partial charge on any atom is -0.350 e. The Kier molecular flexibility index (Phi) is 5.63. The molecule has 0 aliphatic carbocycles. The zero-order valence-electron chi connectivity index (χ0n) is 14.8. The van der Waals surface area contributed by atoms with Crippen LogP contribution < -0.4 is 5.32 Å². The number of thiophene rings is 1. The number of nitrogens with zero attached hydrogens (tertiary/aromatic N) is 2. The van der Waals surface area contributed by atoms with Crippen LogP contribution in [0.1, 0.15) is 40.3 Å². The highest BCUT2D eigenvalue weighted by Gasteiger charge is 2.11. The second-order valence-electron chi connectivity index (χ2n) is 6.23. The van der Waals surface area contributed by atoms with Crippen molar-refractivity contribution < 1.29 is 9.59 Å². The van der Waals surface area contributed by atoms with Gasteiger partial charge in [0.1, 0.15) is 0 Å². The largest absolute Gasteiger partial charge is 0.350 e. The molecule has 6 heteroatoms. The number of aromatic nitrogens is 2. The first-order valence-corrected chi connectivity index (χ1v) is 9.34. The minimum atomic E-state index is -0.0832. The van der Waals surface area contributed by atoms with Gasteiger partial charge in [0.25, 0.3) is 5.91 Å². The van der Waals surface area contributed by atoms with Crippen LogP contribution in [0.4, 0.5) is 0 Å². The highest BCUT2D eigenvalue weighted by molar-refractivity contribution is 7.17. The molecule has 0 unspecified atom stereocenters. The number of carbonyl (C=O) groups excluding carboxylic acids is 2. The van der Waals surface area contributed by atoms with E-state index < -0.39 is 0 Å². The fourth-order valence-corrected chi connectivity index (χ4v) is 3.51. The van der Waals surface area contributed by atoms with Crippen LogP contribution in [0.15, 0.2) is 54.9 Å². The van der Waals surface area contributed by atoms with Crippen LogP contribution in [0.2, 0.25) is 0 Å². The number of benzene rings is 1. The summed E-state index contributed by atoms with van der Waals surface area (Å²) in [5.74, 6) is -0.0125. The molecule has 1 N–H and O–H groups in total. The molecular formula is C20H21N3O2S. The molecule has 2 aromatic heterocycles. The Bertz CT molecular complexity index is 882. The normalized spacial score (nSPS) is 11.9. The van der Waals surface area contributed by atoms with Crippen LogP contribution in [0, 0.1) is 0 Å². The molecular weight excluding hydrogens is 346 g/mol. The fraction of sp³-hybridized carbons (Fsp3) is 0.250. The number of hydrogen-bond acceptors (Lipinski definition) is 4. The lowest BCUT2D eigenvalue weighted by atomic mass is 10.1. The maximum atomic E-state index is 12.4. The Morgan fingerprint density at radius 1 is 1.19 bits per heavy atom. The number of Topliss-reactive ketones (excluding diaryl/α,β-unsaturated/α-hetero) is 1. The summed E-state index contributed by atoms with van der Waals surface area (Å²) in [6.07, 6.45) is 4.47. The second kappa shape index (κ2) is 8.10. The van der Waals surface area contributed by atoms with E-state index in [0.29, 0.717) is 5.56 Å². The van der Waals surface area contributed by atoms with Crippen molar-refractivity contribution in [1.29, 1.82) is 0 Å². The number of aryl methyl sites for hydroxylation is 1. The molecule has 3 rings (SSSR count). The zero-order valence-corrected chi connectivity index (χ0v) is 15.6. The van der Waals surface area contributed by atoms with E-state index in [4.69, 9.17) is 0 Å². The quantitative estimate of drug-likeness (QED) is 0.642. The third-order valence-electron chi connectivity index (χ3n) is 4.11. The van der Waals surface area contributed by atoms with Gasteiger partial charge in [-0.1, -0.05) is 12.1 Å². The average molecular weight is 367 g/mol. The summed E-state index contributed by atoms with van der Waals surface area (Å²) in [7, 11) is 0. The predicted octanol–water partition coefficient (Wildman–Crippen LogP) is 4.02. The summed E-state index contributed by atoms with van der Waals surface area (Å²) in [5.41, 5.74) is 1.63. The van der Waals surface area contributed by atoms with Crippen molar-refractivity contribution in [3.05, 3.63) is 65.3 Å². The van der Waals surface area contributed by atoms with Crippen molar-refractivity contribution >= 4 is 23.0 Å². The lowest BCUT2D eigenvalue weighted by molar-refractivity contribution is 0.0936. The highest BCUT2D eigenvalue weighted by atomic mass is 32.1. The van der Waals surface area contributed by atoms with Crippen molar-refractivity contribution in [1.82, 2.24) is 15.1 Å². The van der Waals surface area contributed by atoms with Crippen LogP contribution in [-0.4, -0.2) is 27.5 Å². The molecule has 1 aromatic carbocycles. The molecule has 5 nitrogen and oxygen atoms in total. The standard InChI is InChI=1S/C20H21N3O2S/c1-14(10-13-23-12-3-11-21-23)22-20(25)17-6-4-16(5-7-17)19-9-8-18(26-19)15(2)24/h3-9,11-12,14H,10,13H2,1-2H3,(H,22,25)/t14-/m1/s1. The molecule has 3 aromatic rings. The second-order valence-corrected chi connectivity index (χ2v) is 7.31. The molecule has 0 bridgehead atoms. The number of rotatable bonds is 7. The summed E-state index contributed by atoms with van der Waals surface area (Å²) in [6, 6.07) is 13.2. The van der Waals surface area contributed by atoms with Gasteiger partial charge in [-0.3, -0.25) is 14.3 Å². The number of carbonyl (C=O) groups is 2. The van der Waals surface area contributed by atoms with Crippen LogP contribution >= 0.6 is 11.3 Å². The van der Waals surface area contributed by atoms with E-state index in [1.165, 1.54) is 11.3 Å². The summed E-state index contributed by atoms with van der Waals surface area (Å²) >= 11 is 1.47. The smallest absolute Gasteiger partial charge is 0.251 e. The van der Waals surface area contributed by atoms with Crippen molar-refractivity contribution in [2.24, 2.45) is 0 Å². The van der Waals surface area contributed by atoms with Gasteiger partial charge in [0, 0.05) is 35.4 Å². The molecule has 0 spiro atoms. The molecule has 0 fully saturated rings. The molecule has 0 radical (unpaired) electrons.